The second-order valence-electron chi connectivity index (χ2n) is 3.18. The minimum absolute atomic E-state index is 0.0352. The molecule has 2 heterocycles. The molecule has 1 aromatic rings. The van der Waals surface area contributed by atoms with Crippen LogP contribution in [0.1, 0.15) is 22.2 Å². The van der Waals surface area contributed by atoms with Crippen molar-refractivity contribution in [1.29, 1.82) is 0 Å². The van der Waals surface area contributed by atoms with Gasteiger partial charge in [-0.15, -0.1) is 0 Å². The van der Waals surface area contributed by atoms with Gasteiger partial charge in [-0.25, -0.2) is 9.78 Å². The molecule has 1 fully saturated rings. The molecule has 0 aromatic carbocycles. The maximum Gasteiger partial charge on any atom is 0.354 e. The standard InChI is InChI=1S/C10H11NO4/c12-10(13)9-7(2-1-3-11-9)8-6-14-4-5-15-8/h1-3,8H,4-6H2,(H,12,13). The van der Waals surface area contributed by atoms with E-state index >= 15 is 0 Å². The number of carboxylic acids is 1. The lowest BCUT2D eigenvalue weighted by Crippen LogP contribution is -2.24. The normalized spacial score (nSPS) is 21.2. The van der Waals surface area contributed by atoms with E-state index in [0.717, 1.165) is 0 Å². The molecule has 5 heteroatoms. The molecular formula is C10H11NO4. The van der Waals surface area contributed by atoms with Crippen LogP contribution in [0, 0.1) is 0 Å². The van der Waals surface area contributed by atoms with Gasteiger partial charge in [-0.3, -0.25) is 0 Å². The van der Waals surface area contributed by atoms with Crippen LogP contribution < -0.4 is 0 Å². The number of rotatable bonds is 2. The monoisotopic (exact) mass is 209 g/mol. The average molecular weight is 209 g/mol. The van der Waals surface area contributed by atoms with Gasteiger partial charge in [0.15, 0.2) is 5.69 Å². The molecule has 1 saturated heterocycles. The molecule has 5 nitrogen and oxygen atoms in total. The van der Waals surface area contributed by atoms with Gasteiger partial charge in [0.1, 0.15) is 6.10 Å². The van der Waals surface area contributed by atoms with Gasteiger partial charge in [-0.2, -0.15) is 0 Å². The van der Waals surface area contributed by atoms with Crippen molar-refractivity contribution in [2.75, 3.05) is 19.8 Å². The van der Waals surface area contributed by atoms with E-state index in [1.54, 1.807) is 12.1 Å². The van der Waals surface area contributed by atoms with Crippen LogP contribution in [-0.4, -0.2) is 35.9 Å². The third kappa shape index (κ3) is 2.14. The number of hydrogen-bond donors (Lipinski definition) is 1. The van der Waals surface area contributed by atoms with Crippen molar-refractivity contribution in [3.05, 3.63) is 29.6 Å². The molecule has 1 atom stereocenters. The lowest BCUT2D eigenvalue weighted by molar-refractivity contribution is -0.0905. The summed E-state index contributed by atoms with van der Waals surface area (Å²) in [5.41, 5.74) is 0.609. The van der Waals surface area contributed by atoms with E-state index < -0.39 is 5.97 Å². The molecular weight excluding hydrogens is 198 g/mol. The minimum Gasteiger partial charge on any atom is -0.477 e. The zero-order valence-corrected chi connectivity index (χ0v) is 8.05. The number of carbonyl (C=O) groups is 1. The van der Waals surface area contributed by atoms with E-state index in [9.17, 15) is 4.79 Å². The minimum atomic E-state index is -1.04. The van der Waals surface area contributed by atoms with Gasteiger partial charge in [0.25, 0.3) is 0 Å². The van der Waals surface area contributed by atoms with Crippen molar-refractivity contribution in [2.45, 2.75) is 6.10 Å². The van der Waals surface area contributed by atoms with Gasteiger partial charge in [-0.05, 0) is 6.07 Å². The molecule has 1 aliphatic rings. The Kier molecular flexibility index (Phi) is 2.94. The number of aromatic carboxylic acids is 1. The van der Waals surface area contributed by atoms with Crippen LogP contribution in [0.3, 0.4) is 0 Å². The summed E-state index contributed by atoms with van der Waals surface area (Å²) in [6.07, 6.45) is 1.13. The number of ether oxygens (including phenoxy) is 2. The first-order chi connectivity index (χ1) is 7.29. The summed E-state index contributed by atoms with van der Waals surface area (Å²) < 4.78 is 10.7. The number of pyridine rings is 1. The van der Waals surface area contributed by atoms with Gasteiger partial charge in [0, 0.05) is 11.8 Å². The highest BCUT2D eigenvalue weighted by atomic mass is 16.6. The largest absolute Gasteiger partial charge is 0.477 e. The van der Waals surface area contributed by atoms with Gasteiger partial charge < -0.3 is 14.6 Å². The SMILES string of the molecule is O=C(O)c1ncccc1C1COCCO1. The van der Waals surface area contributed by atoms with Crippen LogP contribution in [0.2, 0.25) is 0 Å². The number of nitrogens with zero attached hydrogens (tertiary/aromatic N) is 1. The Labute approximate surface area is 86.7 Å². The first-order valence-electron chi connectivity index (χ1n) is 4.66. The van der Waals surface area contributed by atoms with E-state index in [1.165, 1.54) is 6.20 Å². The van der Waals surface area contributed by atoms with Crippen molar-refractivity contribution < 1.29 is 19.4 Å². The highest BCUT2D eigenvalue weighted by molar-refractivity contribution is 5.87. The first kappa shape index (κ1) is 10.1. The van der Waals surface area contributed by atoms with Crippen LogP contribution in [0.25, 0.3) is 0 Å². The molecule has 0 bridgehead atoms. The van der Waals surface area contributed by atoms with Gasteiger partial charge >= 0.3 is 5.97 Å². The summed E-state index contributed by atoms with van der Waals surface area (Å²) in [5.74, 6) is -1.04. The Bertz CT molecular complexity index is 360. The van der Waals surface area contributed by atoms with Gasteiger partial charge in [0.05, 0.1) is 19.8 Å². The number of aromatic nitrogens is 1. The molecule has 1 aliphatic heterocycles. The Balaban J connectivity index is 2.29. The molecule has 1 unspecified atom stereocenters. The lowest BCUT2D eigenvalue weighted by atomic mass is 10.1. The van der Waals surface area contributed by atoms with Crippen LogP contribution in [0.4, 0.5) is 0 Å². The van der Waals surface area contributed by atoms with E-state index in [1.807, 2.05) is 0 Å². The Morgan fingerprint density at radius 2 is 2.40 bits per heavy atom. The second-order valence-corrected chi connectivity index (χ2v) is 3.18. The van der Waals surface area contributed by atoms with Gasteiger partial charge in [0.2, 0.25) is 0 Å². The summed E-state index contributed by atoms with van der Waals surface area (Å²) in [5, 5.41) is 8.94. The Morgan fingerprint density at radius 3 is 3.07 bits per heavy atom. The highest BCUT2D eigenvalue weighted by Crippen LogP contribution is 2.22. The molecule has 15 heavy (non-hydrogen) atoms. The summed E-state index contributed by atoms with van der Waals surface area (Å²) >= 11 is 0. The molecule has 80 valence electrons. The maximum absolute atomic E-state index is 10.9. The third-order valence-corrected chi connectivity index (χ3v) is 2.20. The van der Waals surface area contributed by atoms with E-state index in [4.69, 9.17) is 14.6 Å². The van der Waals surface area contributed by atoms with Crippen LogP contribution >= 0.6 is 0 Å². The predicted octanol–water partition coefficient (Wildman–Crippen LogP) is 0.868. The molecule has 0 saturated carbocycles. The Morgan fingerprint density at radius 1 is 1.53 bits per heavy atom. The third-order valence-electron chi connectivity index (χ3n) is 2.20. The van der Waals surface area contributed by atoms with E-state index in [0.29, 0.717) is 25.4 Å². The summed E-state index contributed by atoms with van der Waals surface area (Å²) in [4.78, 5) is 14.7. The van der Waals surface area contributed by atoms with E-state index in [2.05, 4.69) is 4.98 Å². The van der Waals surface area contributed by atoms with Crippen LogP contribution in [-0.2, 0) is 9.47 Å². The van der Waals surface area contributed by atoms with Crippen molar-refractivity contribution in [3.63, 3.8) is 0 Å². The van der Waals surface area contributed by atoms with E-state index in [-0.39, 0.29) is 11.8 Å². The summed E-state index contributed by atoms with van der Waals surface area (Å²) in [6, 6.07) is 3.40. The molecule has 1 aromatic heterocycles. The zero-order chi connectivity index (χ0) is 10.7. The summed E-state index contributed by atoms with van der Waals surface area (Å²) in [7, 11) is 0. The molecule has 0 amide bonds. The fourth-order valence-electron chi connectivity index (χ4n) is 1.52. The number of hydrogen-bond acceptors (Lipinski definition) is 4. The second kappa shape index (κ2) is 4.37. The molecule has 0 radical (unpaired) electrons. The number of carboxylic acid groups (broad SMARTS) is 1. The molecule has 0 aliphatic carbocycles. The predicted molar refractivity (Wildman–Crippen MR) is 50.7 cm³/mol. The van der Waals surface area contributed by atoms with Crippen molar-refractivity contribution in [1.82, 2.24) is 4.98 Å². The van der Waals surface area contributed by atoms with Crippen molar-refractivity contribution >= 4 is 5.97 Å². The van der Waals surface area contributed by atoms with Gasteiger partial charge in [-0.1, -0.05) is 6.07 Å². The fourth-order valence-corrected chi connectivity index (χ4v) is 1.52. The van der Waals surface area contributed by atoms with Crippen molar-refractivity contribution in [2.24, 2.45) is 0 Å². The van der Waals surface area contributed by atoms with Crippen LogP contribution in [0.15, 0.2) is 18.3 Å². The smallest absolute Gasteiger partial charge is 0.354 e. The average Bonchev–Trinajstić information content (AvgIpc) is 2.30. The quantitative estimate of drug-likeness (QED) is 0.782. The molecule has 1 N–H and O–H groups in total. The summed E-state index contributed by atoms with van der Waals surface area (Å²) in [6.45, 7) is 1.42. The highest BCUT2D eigenvalue weighted by Gasteiger charge is 2.22. The van der Waals surface area contributed by atoms with Crippen LogP contribution in [0.5, 0.6) is 0 Å². The molecule has 2 rings (SSSR count). The maximum atomic E-state index is 10.9. The topological polar surface area (TPSA) is 68.7 Å². The zero-order valence-electron chi connectivity index (χ0n) is 8.05. The fraction of sp³-hybridized carbons (Fsp3) is 0.400. The Hall–Kier alpha value is -1.46. The lowest BCUT2D eigenvalue weighted by Gasteiger charge is -2.23. The van der Waals surface area contributed by atoms with Crippen molar-refractivity contribution in [3.8, 4) is 0 Å². The first-order valence-corrected chi connectivity index (χ1v) is 4.66. The molecule has 0 spiro atoms.